The van der Waals surface area contributed by atoms with Gasteiger partial charge in [-0.25, -0.2) is 9.18 Å². The molecule has 0 fully saturated rings. The lowest BCUT2D eigenvalue weighted by Gasteiger charge is -2.37. The first-order valence-electron chi connectivity index (χ1n) is 12.4. The van der Waals surface area contributed by atoms with Gasteiger partial charge in [-0.1, -0.05) is 23.8 Å². The Labute approximate surface area is 224 Å². The average molecular weight is 534 g/mol. The maximum absolute atomic E-state index is 13.7. The van der Waals surface area contributed by atoms with E-state index in [-0.39, 0.29) is 37.5 Å². The van der Waals surface area contributed by atoms with E-state index in [1.807, 2.05) is 42.6 Å². The Morgan fingerprint density at radius 3 is 2.76 bits per heavy atom. The van der Waals surface area contributed by atoms with Crippen LogP contribution >= 0.6 is 11.3 Å². The van der Waals surface area contributed by atoms with Crippen LogP contribution in [-0.4, -0.2) is 41.4 Å². The van der Waals surface area contributed by atoms with Gasteiger partial charge in [-0.05, 0) is 66.8 Å². The van der Waals surface area contributed by atoms with Crippen molar-refractivity contribution in [2.45, 2.75) is 25.9 Å². The first-order chi connectivity index (χ1) is 18.5. The van der Waals surface area contributed by atoms with Crippen LogP contribution in [0.5, 0.6) is 5.75 Å². The second kappa shape index (κ2) is 11.5. The summed E-state index contributed by atoms with van der Waals surface area (Å²) < 4.78 is 25.1. The molecule has 7 nitrogen and oxygen atoms in total. The highest BCUT2D eigenvalue weighted by Crippen LogP contribution is 2.34. The van der Waals surface area contributed by atoms with Crippen LogP contribution in [-0.2, 0) is 17.8 Å². The van der Waals surface area contributed by atoms with Gasteiger partial charge in [-0.15, -0.1) is 11.3 Å². The Morgan fingerprint density at radius 2 is 2.00 bits per heavy atom. The smallest absolute Gasteiger partial charge is 0.322 e. The number of hydrogen-bond acceptors (Lipinski definition) is 5. The third kappa shape index (κ3) is 6.06. The van der Waals surface area contributed by atoms with Crippen LogP contribution in [0, 0.1) is 12.7 Å². The summed E-state index contributed by atoms with van der Waals surface area (Å²) in [5.74, 6) is 0.377. The van der Waals surface area contributed by atoms with Gasteiger partial charge in [0, 0.05) is 23.2 Å². The second-order valence-electron chi connectivity index (χ2n) is 9.15. The number of carbonyl (C=O) groups is 2. The summed E-state index contributed by atoms with van der Waals surface area (Å²) in [6, 6.07) is 18.2. The number of hydrogen-bond donors (Lipinski definition) is 1. The number of fused-ring (bicyclic) bond motifs is 1. The Bertz CT molecular complexity index is 1390. The zero-order valence-electron chi connectivity index (χ0n) is 20.9. The number of amides is 3. The maximum atomic E-state index is 13.7. The van der Waals surface area contributed by atoms with E-state index >= 15 is 0 Å². The van der Waals surface area contributed by atoms with E-state index in [9.17, 15) is 14.0 Å². The number of urea groups is 1. The molecule has 196 valence electrons. The number of benzene rings is 2. The number of anilines is 1. The monoisotopic (exact) mass is 533 g/mol. The van der Waals surface area contributed by atoms with Gasteiger partial charge < -0.3 is 24.3 Å². The van der Waals surface area contributed by atoms with Crippen LogP contribution in [0.3, 0.4) is 0 Å². The fourth-order valence-corrected chi connectivity index (χ4v) is 5.42. The second-order valence-corrected chi connectivity index (χ2v) is 10.2. The van der Waals surface area contributed by atoms with E-state index in [0.717, 1.165) is 17.5 Å². The first-order valence-corrected chi connectivity index (χ1v) is 13.2. The van der Waals surface area contributed by atoms with Gasteiger partial charge in [-0.2, -0.15) is 0 Å². The summed E-state index contributed by atoms with van der Waals surface area (Å²) in [6.45, 7) is 2.64. The lowest BCUT2D eigenvalue weighted by molar-refractivity contribution is -0.135. The molecule has 2 aromatic carbocycles. The largest absolute Gasteiger partial charge is 0.491 e. The number of halogens is 1. The summed E-state index contributed by atoms with van der Waals surface area (Å²) in [5, 5.41) is 4.89. The van der Waals surface area contributed by atoms with Gasteiger partial charge in [0.05, 0.1) is 18.8 Å². The molecule has 1 aliphatic heterocycles. The number of ether oxygens (including phenoxy) is 1. The lowest BCUT2D eigenvalue weighted by Crippen LogP contribution is -2.48. The van der Waals surface area contributed by atoms with Crippen LogP contribution < -0.4 is 10.1 Å². The van der Waals surface area contributed by atoms with Gasteiger partial charge >= 0.3 is 6.03 Å². The van der Waals surface area contributed by atoms with E-state index in [1.54, 1.807) is 40.5 Å². The van der Waals surface area contributed by atoms with Crippen LogP contribution in [0.15, 0.2) is 82.8 Å². The van der Waals surface area contributed by atoms with Gasteiger partial charge in [0.15, 0.2) is 0 Å². The first kappa shape index (κ1) is 25.5. The molecule has 38 heavy (non-hydrogen) atoms. The molecule has 1 N–H and O–H groups in total. The number of thiophene rings is 1. The molecule has 2 aromatic heterocycles. The van der Waals surface area contributed by atoms with E-state index < -0.39 is 6.03 Å². The van der Waals surface area contributed by atoms with Crippen molar-refractivity contribution >= 4 is 29.0 Å². The fraction of sp³-hybridized carbons (Fsp3) is 0.241. The standard InChI is InChI=1S/C29H28FN3O4S/c1-20-7-9-22(10-8-20)31-29(35)32(17-24-6-3-14-36-24)18-28(34)33-13-11-27-25(12-15-38-27)26(33)19-37-23-5-2-4-21(30)16-23/h2-10,12,14-16,26H,11,13,17-19H2,1H3,(H,31,35)/t26-/m1/s1. The molecule has 0 bridgehead atoms. The van der Waals surface area contributed by atoms with Crippen molar-refractivity contribution in [2.24, 2.45) is 0 Å². The van der Waals surface area contributed by atoms with Crippen LogP contribution in [0.1, 0.15) is 27.8 Å². The molecule has 0 spiro atoms. The Balaban J connectivity index is 1.34. The van der Waals surface area contributed by atoms with Crippen LogP contribution in [0.2, 0.25) is 0 Å². The minimum atomic E-state index is -0.403. The number of furan rings is 1. The third-order valence-electron chi connectivity index (χ3n) is 6.46. The molecule has 3 heterocycles. The van der Waals surface area contributed by atoms with Gasteiger partial charge in [0.2, 0.25) is 5.91 Å². The van der Waals surface area contributed by atoms with Crippen molar-refractivity contribution in [1.29, 1.82) is 0 Å². The van der Waals surface area contributed by atoms with E-state index in [2.05, 4.69) is 5.32 Å². The highest BCUT2D eigenvalue weighted by molar-refractivity contribution is 7.10. The molecule has 0 saturated heterocycles. The number of aryl methyl sites for hydroxylation is 1. The molecule has 9 heteroatoms. The lowest BCUT2D eigenvalue weighted by atomic mass is 10.0. The van der Waals surface area contributed by atoms with E-state index in [1.165, 1.54) is 28.2 Å². The van der Waals surface area contributed by atoms with Crippen molar-refractivity contribution in [3.05, 3.63) is 106 Å². The SMILES string of the molecule is Cc1ccc(NC(=O)N(CC(=O)N2CCc3sccc3[C@H]2COc2cccc(F)c2)Cc2ccco2)cc1. The quantitative estimate of drug-likeness (QED) is 0.300. The molecule has 1 aliphatic rings. The molecule has 0 aliphatic carbocycles. The summed E-state index contributed by atoms with van der Waals surface area (Å²) >= 11 is 1.65. The van der Waals surface area contributed by atoms with Gasteiger partial charge in [0.25, 0.3) is 0 Å². The summed E-state index contributed by atoms with van der Waals surface area (Å²) in [7, 11) is 0. The van der Waals surface area contributed by atoms with Crippen LogP contribution in [0.25, 0.3) is 0 Å². The van der Waals surface area contributed by atoms with E-state index in [0.29, 0.717) is 23.7 Å². The summed E-state index contributed by atoms with van der Waals surface area (Å²) in [5.41, 5.74) is 2.74. The van der Waals surface area contributed by atoms with Crippen molar-refractivity contribution in [3.8, 4) is 5.75 Å². The Kier molecular flexibility index (Phi) is 7.74. The zero-order chi connectivity index (χ0) is 26.5. The van der Waals surface area contributed by atoms with Crippen molar-refractivity contribution in [1.82, 2.24) is 9.80 Å². The fourth-order valence-electron chi connectivity index (χ4n) is 4.49. The number of nitrogens with zero attached hydrogens (tertiary/aromatic N) is 2. The molecule has 0 saturated carbocycles. The maximum Gasteiger partial charge on any atom is 0.322 e. The molecule has 5 rings (SSSR count). The highest BCUT2D eigenvalue weighted by Gasteiger charge is 2.33. The minimum absolute atomic E-state index is 0.137. The minimum Gasteiger partial charge on any atom is -0.491 e. The molecule has 3 amide bonds. The molecular formula is C29H28FN3O4S. The molecule has 1 atom stereocenters. The van der Waals surface area contributed by atoms with E-state index in [4.69, 9.17) is 9.15 Å². The normalized spacial score (nSPS) is 14.6. The average Bonchev–Trinajstić information content (AvgIpc) is 3.60. The highest BCUT2D eigenvalue weighted by atomic mass is 32.1. The van der Waals surface area contributed by atoms with Crippen molar-refractivity contribution in [3.63, 3.8) is 0 Å². The van der Waals surface area contributed by atoms with Gasteiger partial charge in [-0.3, -0.25) is 4.79 Å². The number of rotatable bonds is 8. The molecule has 0 unspecified atom stereocenters. The van der Waals surface area contributed by atoms with Crippen molar-refractivity contribution in [2.75, 3.05) is 25.0 Å². The molecular weight excluding hydrogens is 505 g/mol. The predicted molar refractivity (Wildman–Crippen MR) is 144 cm³/mol. The molecule has 4 aromatic rings. The third-order valence-corrected chi connectivity index (χ3v) is 7.46. The molecule has 0 radical (unpaired) electrons. The number of nitrogens with one attached hydrogen (secondary N) is 1. The summed E-state index contributed by atoms with van der Waals surface area (Å²) in [6.07, 6.45) is 2.26. The number of carbonyl (C=O) groups excluding carboxylic acids is 2. The topological polar surface area (TPSA) is 75.0 Å². The van der Waals surface area contributed by atoms with Gasteiger partial charge in [0.1, 0.15) is 30.5 Å². The van der Waals surface area contributed by atoms with Crippen molar-refractivity contribution < 1.29 is 23.1 Å². The summed E-state index contributed by atoms with van der Waals surface area (Å²) in [4.78, 5) is 31.4. The Hall–Kier alpha value is -4.11. The van der Waals surface area contributed by atoms with Crippen LogP contribution in [0.4, 0.5) is 14.9 Å². The zero-order valence-corrected chi connectivity index (χ0v) is 21.7. The Morgan fingerprint density at radius 1 is 1.16 bits per heavy atom. The predicted octanol–water partition coefficient (Wildman–Crippen LogP) is 6.03.